The highest BCUT2D eigenvalue weighted by Gasteiger charge is 2.33. The van der Waals surface area contributed by atoms with E-state index in [0.29, 0.717) is 23.2 Å². The van der Waals surface area contributed by atoms with Crippen molar-refractivity contribution in [2.75, 3.05) is 25.6 Å². The summed E-state index contributed by atoms with van der Waals surface area (Å²) < 4.78 is 10.9. The molecule has 1 heterocycles. The summed E-state index contributed by atoms with van der Waals surface area (Å²) >= 11 is 1.39. The summed E-state index contributed by atoms with van der Waals surface area (Å²) in [6, 6.07) is 15.5. The van der Waals surface area contributed by atoms with Gasteiger partial charge in [0.1, 0.15) is 0 Å². The van der Waals surface area contributed by atoms with Gasteiger partial charge in [-0.3, -0.25) is 9.59 Å². The molecule has 0 saturated heterocycles. The molecule has 0 bridgehead atoms. The first kappa shape index (κ1) is 22.8. The summed E-state index contributed by atoms with van der Waals surface area (Å²) in [7, 11) is 1.56. The van der Waals surface area contributed by atoms with Gasteiger partial charge >= 0.3 is 0 Å². The molecule has 0 radical (unpaired) electrons. The maximum Gasteiger partial charge on any atom is 0.260 e. The minimum atomic E-state index is -0.163. The SMILES string of the molecule is COc1ccccc1OCC(=O)N(CCC(=O)Nc1nc(-c2ccc(C)cc2)cs1)C1CC1. The Morgan fingerprint density at radius 2 is 1.85 bits per heavy atom. The summed E-state index contributed by atoms with van der Waals surface area (Å²) in [4.78, 5) is 31.5. The van der Waals surface area contributed by atoms with Crippen LogP contribution in [0.5, 0.6) is 11.5 Å². The fourth-order valence-corrected chi connectivity index (χ4v) is 4.19. The van der Waals surface area contributed by atoms with E-state index in [0.717, 1.165) is 24.1 Å². The summed E-state index contributed by atoms with van der Waals surface area (Å²) in [5.41, 5.74) is 3.03. The van der Waals surface area contributed by atoms with Crippen LogP contribution in [0.2, 0.25) is 0 Å². The second-order valence-corrected chi connectivity index (χ2v) is 8.82. The Labute approximate surface area is 197 Å². The van der Waals surface area contributed by atoms with E-state index in [1.54, 1.807) is 24.1 Å². The topological polar surface area (TPSA) is 80.8 Å². The summed E-state index contributed by atoms with van der Waals surface area (Å²) in [6.45, 7) is 2.29. The Bertz CT molecular complexity index is 1110. The van der Waals surface area contributed by atoms with Gasteiger partial charge in [-0.15, -0.1) is 11.3 Å². The molecule has 7 nitrogen and oxygen atoms in total. The molecule has 1 saturated carbocycles. The number of anilines is 1. The van der Waals surface area contributed by atoms with Crippen LogP contribution in [0.1, 0.15) is 24.8 Å². The van der Waals surface area contributed by atoms with E-state index in [2.05, 4.69) is 10.3 Å². The molecule has 2 amide bonds. The van der Waals surface area contributed by atoms with Crippen LogP contribution in [0.4, 0.5) is 5.13 Å². The van der Waals surface area contributed by atoms with Gasteiger partial charge in [-0.2, -0.15) is 0 Å². The Kier molecular flexibility index (Phi) is 7.24. The lowest BCUT2D eigenvalue weighted by atomic mass is 10.1. The van der Waals surface area contributed by atoms with Gasteiger partial charge in [-0.05, 0) is 31.9 Å². The van der Waals surface area contributed by atoms with Crippen LogP contribution in [0.25, 0.3) is 11.3 Å². The molecule has 3 aromatic rings. The number of amides is 2. The molecule has 172 valence electrons. The number of hydrogen-bond acceptors (Lipinski definition) is 6. The Balaban J connectivity index is 1.29. The number of thiazole rings is 1. The minimum absolute atomic E-state index is 0.0924. The molecule has 8 heteroatoms. The van der Waals surface area contributed by atoms with Crippen LogP contribution in [0.3, 0.4) is 0 Å². The van der Waals surface area contributed by atoms with E-state index in [4.69, 9.17) is 9.47 Å². The van der Waals surface area contributed by atoms with Crippen LogP contribution >= 0.6 is 11.3 Å². The van der Waals surface area contributed by atoms with Gasteiger partial charge in [0, 0.05) is 30.0 Å². The average Bonchev–Trinajstić information content (AvgIpc) is 3.56. The highest BCUT2D eigenvalue weighted by atomic mass is 32.1. The molecule has 1 fully saturated rings. The van der Waals surface area contributed by atoms with Crippen molar-refractivity contribution in [1.29, 1.82) is 0 Å². The monoisotopic (exact) mass is 465 g/mol. The van der Waals surface area contributed by atoms with Gasteiger partial charge in [0.15, 0.2) is 23.2 Å². The number of benzene rings is 2. The first-order valence-corrected chi connectivity index (χ1v) is 11.8. The maximum absolute atomic E-state index is 12.8. The number of aryl methyl sites for hydroxylation is 1. The number of para-hydroxylation sites is 2. The van der Waals surface area contributed by atoms with Crippen molar-refractivity contribution in [2.45, 2.75) is 32.2 Å². The van der Waals surface area contributed by atoms with Crippen LogP contribution in [0.15, 0.2) is 53.9 Å². The number of rotatable bonds is 10. The molecule has 1 aromatic heterocycles. The van der Waals surface area contributed by atoms with E-state index in [1.165, 1.54) is 16.9 Å². The van der Waals surface area contributed by atoms with Crippen LogP contribution in [0, 0.1) is 6.92 Å². The predicted octanol–water partition coefficient (Wildman–Crippen LogP) is 4.53. The van der Waals surface area contributed by atoms with E-state index < -0.39 is 0 Å². The van der Waals surface area contributed by atoms with Crippen molar-refractivity contribution in [3.63, 3.8) is 0 Å². The van der Waals surface area contributed by atoms with Crippen molar-refractivity contribution in [3.05, 3.63) is 59.5 Å². The molecular formula is C25H27N3O4S. The van der Waals surface area contributed by atoms with Gasteiger partial charge in [-0.25, -0.2) is 4.98 Å². The first-order valence-electron chi connectivity index (χ1n) is 10.9. The lowest BCUT2D eigenvalue weighted by molar-refractivity contribution is -0.134. The third-order valence-electron chi connectivity index (χ3n) is 5.41. The highest BCUT2D eigenvalue weighted by Crippen LogP contribution is 2.29. The standard InChI is InChI=1S/C25H27N3O4S/c1-17-7-9-18(10-8-17)20-16-33-25(26-20)27-23(29)13-14-28(19-11-12-19)24(30)15-32-22-6-4-3-5-21(22)31-2/h3-10,16,19H,11-15H2,1-2H3,(H,26,27,29). The normalized spacial score (nSPS) is 12.8. The number of nitrogens with one attached hydrogen (secondary N) is 1. The molecule has 4 rings (SSSR count). The second-order valence-electron chi connectivity index (χ2n) is 7.96. The van der Waals surface area contributed by atoms with Crippen molar-refractivity contribution in [3.8, 4) is 22.8 Å². The van der Waals surface area contributed by atoms with Gasteiger partial charge < -0.3 is 19.7 Å². The van der Waals surface area contributed by atoms with Gasteiger partial charge in [0.2, 0.25) is 5.91 Å². The Morgan fingerprint density at radius 3 is 2.55 bits per heavy atom. The molecule has 0 atom stereocenters. The number of methoxy groups -OCH3 is 1. The third kappa shape index (κ3) is 6.10. The molecule has 0 unspecified atom stereocenters. The zero-order valence-electron chi connectivity index (χ0n) is 18.7. The molecule has 0 aliphatic heterocycles. The molecule has 0 spiro atoms. The molecule has 1 N–H and O–H groups in total. The summed E-state index contributed by atoms with van der Waals surface area (Å²) in [5.74, 6) is 0.808. The van der Waals surface area contributed by atoms with Crippen molar-refractivity contribution in [2.24, 2.45) is 0 Å². The van der Waals surface area contributed by atoms with Crippen LogP contribution in [-0.2, 0) is 9.59 Å². The number of aromatic nitrogens is 1. The van der Waals surface area contributed by atoms with Crippen LogP contribution in [-0.4, -0.2) is 48.0 Å². The largest absolute Gasteiger partial charge is 0.493 e. The average molecular weight is 466 g/mol. The lowest BCUT2D eigenvalue weighted by Crippen LogP contribution is -2.38. The van der Waals surface area contributed by atoms with Crippen molar-refractivity contribution in [1.82, 2.24) is 9.88 Å². The van der Waals surface area contributed by atoms with E-state index in [1.807, 2.05) is 48.7 Å². The van der Waals surface area contributed by atoms with Gasteiger partial charge in [-0.1, -0.05) is 42.0 Å². The number of carbonyl (C=O) groups excluding carboxylic acids is 2. The molecule has 33 heavy (non-hydrogen) atoms. The molecule has 1 aliphatic rings. The second kappa shape index (κ2) is 10.5. The van der Waals surface area contributed by atoms with Crippen molar-refractivity contribution < 1.29 is 19.1 Å². The summed E-state index contributed by atoms with van der Waals surface area (Å²) in [5, 5.41) is 5.33. The number of hydrogen-bond donors (Lipinski definition) is 1. The zero-order chi connectivity index (χ0) is 23.2. The number of nitrogens with zero attached hydrogens (tertiary/aromatic N) is 2. The Morgan fingerprint density at radius 1 is 1.12 bits per heavy atom. The third-order valence-corrected chi connectivity index (χ3v) is 6.16. The highest BCUT2D eigenvalue weighted by molar-refractivity contribution is 7.14. The zero-order valence-corrected chi connectivity index (χ0v) is 19.6. The number of ether oxygens (including phenoxy) is 2. The Hall–Kier alpha value is -3.39. The van der Waals surface area contributed by atoms with Crippen LogP contribution < -0.4 is 14.8 Å². The summed E-state index contributed by atoms with van der Waals surface area (Å²) in [6.07, 6.45) is 2.11. The molecular weight excluding hydrogens is 438 g/mol. The fourth-order valence-electron chi connectivity index (χ4n) is 3.45. The van der Waals surface area contributed by atoms with E-state index in [9.17, 15) is 9.59 Å². The number of carbonyl (C=O) groups is 2. The fraction of sp³-hybridized carbons (Fsp3) is 0.320. The van der Waals surface area contributed by atoms with Crippen molar-refractivity contribution >= 4 is 28.3 Å². The van der Waals surface area contributed by atoms with Gasteiger partial charge in [0.05, 0.1) is 12.8 Å². The predicted molar refractivity (Wildman–Crippen MR) is 129 cm³/mol. The smallest absolute Gasteiger partial charge is 0.260 e. The lowest BCUT2D eigenvalue weighted by Gasteiger charge is -2.22. The van der Waals surface area contributed by atoms with E-state index >= 15 is 0 Å². The maximum atomic E-state index is 12.8. The van der Waals surface area contributed by atoms with E-state index in [-0.39, 0.29) is 30.9 Å². The van der Waals surface area contributed by atoms with Gasteiger partial charge in [0.25, 0.3) is 5.91 Å². The first-order chi connectivity index (χ1) is 16.0. The molecule has 2 aromatic carbocycles. The minimum Gasteiger partial charge on any atom is -0.493 e. The molecule has 1 aliphatic carbocycles. The quantitative estimate of drug-likeness (QED) is 0.476.